The fourth-order valence-corrected chi connectivity index (χ4v) is 3.39. The molecule has 0 unspecified atom stereocenters. The van der Waals surface area contributed by atoms with Crippen molar-refractivity contribution in [2.45, 2.75) is 20.0 Å². The summed E-state index contributed by atoms with van der Waals surface area (Å²) in [6.07, 6.45) is 7.30. The first kappa shape index (κ1) is 18.4. The van der Waals surface area contributed by atoms with Gasteiger partial charge in [0.25, 0.3) is 0 Å². The van der Waals surface area contributed by atoms with Gasteiger partial charge in [-0.2, -0.15) is 0 Å². The molecule has 0 bridgehead atoms. The number of benzene rings is 1. The van der Waals surface area contributed by atoms with Crippen molar-refractivity contribution in [3.8, 4) is 0 Å². The van der Waals surface area contributed by atoms with Gasteiger partial charge in [0.15, 0.2) is 0 Å². The molecule has 3 heterocycles. The summed E-state index contributed by atoms with van der Waals surface area (Å²) in [4.78, 5) is 17.6. The molecule has 8 heteroatoms. The van der Waals surface area contributed by atoms with Crippen LogP contribution in [0.1, 0.15) is 11.4 Å². The van der Waals surface area contributed by atoms with E-state index in [1.807, 2.05) is 35.9 Å². The van der Waals surface area contributed by atoms with E-state index in [1.165, 1.54) is 5.56 Å². The van der Waals surface area contributed by atoms with Gasteiger partial charge in [-0.25, -0.2) is 19.9 Å². The Hall–Kier alpha value is -3.00. The van der Waals surface area contributed by atoms with Crippen molar-refractivity contribution < 1.29 is 0 Å². The topological polar surface area (TPSA) is 80.5 Å². The largest absolute Gasteiger partial charge is 0.368 e. The van der Waals surface area contributed by atoms with Crippen LogP contribution >= 0.6 is 15.9 Å². The maximum Gasteiger partial charge on any atom is 0.138 e. The molecule has 0 fully saturated rings. The van der Waals surface area contributed by atoms with E-state index in [0.29, 0.717) is 12.4 Å². The lowest BCUT2D eigenvalue weighted by atomic mass is 10.2. The number of aromatic nitrogens is 5. The molecule has 0 aliphatic carbocycles. The van der Waals surface area contributed by atoms with Gasteiger partial charge in [0.2, 0.25) is 0 Å². The molecule has 0 saturated carbocycles. The van der Waals surface area contributed by atoms with Gasteiger partial charge in [0.1, 0.15) is 17.5 Å². The summed E-state index contributed by atoms with van der Waals surface area (Å²) in [5, 5.41) is 7.73. The van der Waals surface area contributed by atoms with Crippen molar-refractivity contribution in [3.05, 3.63) is 71.1 Å². The number of hydrogen-bond acceptors (Lipinski definition) is 6. The van der Waals surface area contributed by atoms with Crippen molar-refractivity contribution in [1.82, 2.24) is 24.5 Å². The summed E-state index contributed by atoms with van der Waals surface area (Å²) in [6.45, 7) is 4.14. The van der Waals surface area contributed by atoms with E-state index < -0.39 is 0 Å². The van der Waals surface area contributed by atoms with Crippen molar-refractivity contribution in [2.75, 3.05) is 17.2 Å². The molecule has 3 aromatic heterocycles. The van der Waals surface area contributed by atoms with Crippen LogP contribution in [0.5, 0.6) is 0 Å². The maximum absolute atomic E-state index is 4.60. The number of pyridine rings is 1. The van der Waals surface area contributed by atoms with E-state index in [1.54, 1.807) is 18.7 Å². The molecule has 0 spiro atoms. The van der Waals surface area contributed by atoms with Crippen molar-refractivity contribution in [3.63, 3.8) is 0 Å². The van der Waals surface area contributed by atoms with E-state index in [9.17, 15) is 0 Å². The zero-order valence-electron chi connectivity index (χ0n) is 15.4. The van der Waals surface area contributed by atoms with Crippen LogP contribution in [-0.2, 0) is 13.1 Å². The van der Waals surface area contributed by atoms with Crippen LogP contribution in [0, 0.1) is 6.92 Å². The third-order valence-corrected chi connectivity index (χ3v) is 4.77. The first-order valence-electron chi connectivity index (χ1n) is 9.00. The smallest absolute Gasteiger partial charge is 0.138 e. The highest BCUT2D eigenvalue weighted by atomic mass is 79.9. The summed E-state index contributed by atoms with van der Waals surface area (Å²) in [6, 6.07) is 10.2. The zero-order chi connectivity index (χ0) is 19.3. The summed E-state index contributed by atoms with van der Waals surface area (Å²) < 4.78 is 3.08. The van der Waals surface area contributed by atoms with Gasteiger partial charge in [-0.1, -0.05) is 28.1 Å². The highest BCUT2D eigenvalue weighted by Crippen LogP contribution is 2.23. The Morgan fingerprint density at radius 2 is 2.07 bits per heavy atom. The summed E-state index contributed by atoms with van der Waals surface area (Å²) in [5.74, 6) is 2.32. The number of imidazole rings is 1. The highest BCUT2D eigenvalue weighted by molar-refractivity contribution is 9.10. The number of hydrogen-bond donors (Lipinski definition) is 2. The molecular weight excluding hydrogens is 418 g/mol. The third-order valence-electron chi connectivity index (χ3n) is 4.28. The van der Waals surface area contributed by atoms with Gasteiger partial charge in [0.05, 0.1) is 18.0 Å². The van der Waals surface area contributed by atoms with Crippen LogP contribution in [0.4, 0.5) is 11.6 Å². The molecule has 0 saturated heterocycles. The second-order valence-corrected chi connectivity index (χ2v) is 7.33. The van der Waals surface area contributed by atoms with E-state index in [0.717, 1.165) is 40.1 Å². The zero-order valence-corrected chi connectivity index (χ0v) is 17.0. The molecule has 7 nitrogen and oxygen atoms in total. The number of fused-ring (bicyclic) bond motifs is 1. The van der Waals surface area contributed by atoms with E-state index in [2.05, 4.69) is 58.6 Å². The Labute approximate surface area is 171 Å². The first-order valence-corrected chi connectivity index (χ1v) is 9.79. The van der Waals surface area contributed by atoms with Crippen molar-refractivity contribution in [2.24, 2.45) is 0 Å². The normalized spacial score (nSPS) is 10.9. The van der Waals surface area contributed by atoms with Crippen LogP contribution < -0.4 is 10.6 Å². The predicted molar refractivity (Wildman–Crippen MR) is 114 cm³/mol. The predicted octanol–water partition coefficient (Wildman–Crippen LogP) is 4.02. The Morgan fingerprint density at radius 1 is 1.14 bits per heavy atom. The molecule has 0 amide bonds. The minimum atomic E-state index is 0.677. The molecule has 0 radical (unpaired) electrons. The fraction of sp³-hybridized carbons (Fsp3) is 0.200. The summed E-state index contributed by atoms with van der Waals surface area (Å²) in [5.41, 5.74) is 2.00. The summed E-state index contributed by atoms with van der Waals surface area (Å²) >= 11 is 3.51. The fourth-order valence-electron chi connectivity index (χ4n) is 2.94. The average molecular weight is 438 g/mol. The van der Waals surface area contributed by atoms with Crippen molar-refractivity contribution >= 4 is 38.5 Å². The maximum atomic E-state index is 4.60. The van der Waals surface area contributed by atoms with Crippen LogP contribution in [0.25, 0.3) is 10.9 Å². The van der Waals surface area contributed by atoms with Crippen LogP contribution in [0.2, 0.25) is 0 Å². The second-order valence-electron chi connectivity index (χ2n) is 6.42. The van der Waals surface area contributed by atoms with Crippen molar-refractivity contribution in [1.29, 1.82) is 0 Å². The Kier molecular flexibility index (Phi) is 5.48. The Bertz CT molecular complexity index is 1080. The van der Waals surface area contributed by atoms with Gasteiger partial charge in [-0.3, -0.25) is 0 Å². The summed E-state index contributed by atoms with van der Waals surface area (Å²) in [7, 11) is 0. The van der Waals surface area contributed by atoms with Crippen LogP contribution in [0.15, 0.2) is 59.7 Å². The number of anilines is 2. The molecular formula is C20H20BrN7. The average Bonchev–Trinajstić information content (AvgIpc) is 3.20. The Balaban J connectivity index is 1.52. The Morgan fingerprint density at radius 3 is 2.89 bits per heavy atom. The van der Waals surface area contributed by atoms with Crippen LogP contribution in [0.3, 0.4) is 0 Å². The number of nitrogens with zero attached hydrogens (tertiary/aromatic N) is 5. The monoisotopic (exact) mass is 437 g/mol. The van der Waals surface area contributed by atoms with Gasteiger partial charge in [-0.15, -0.1) is 0 Å². The van der Waals surface area contributed by atoms with Gasteiger partial charge in [-0.05, 0) is 30.7 Å². The lowest BCUT2D eigenvalue weighted by molar-refractivity contribution is 0.725. The highest BCUT2D eigenvalue weighted by Gasteiger charge is 2.08. The van der Waals surface area contributed by atoms with Gasteiger partial charge < -0.3 is 15.2 Å². The van der Waals surface area contributed by atoms with Gasteiger partial charge >= 0.3 is 0 Å². The molecule has 0 atom stereocenters. The molecule has 0 aliphatic heterocycles. The number of aryl methyl sites for hydroxylation is 1. The molecule has 4 rings (SSSR count). The molecule has 142 valence electrons. The molecule has 0 aliphatic rings. The SMILES string of the molecule is Cc1nc(NCc2cccc(Br)c2)c2cc(NCCn3ccnc3)ncc2n1. The lowest BCUT2D eigenvalue weighted by Crippen LogP contribution is -2.10. The minimum Gasteiger partial charge on any atom is -0.368 e. The standard InChI is InChI=1S/C20H20BrN7/c1-14-26-18-12-24-19(23-6-8-28-7-5-22-13-28)10-17(18)20(27-14)25-11-15-3-2-4-16(21)9-15/h2-5,7,9-10,12-13H,6,8,11H2,1H3,(H,23,24)(H,25,26,27). The molecule has 28 heavy (non-hydrogen) atoms. The molecule has 2 N–H and O–H groups in total. The number of halogens is 1. The second kappa shape index (κ2) is 8.35. The van der Waals surface area contributed by atoms with E-state index in [4.69, 9.17) is 0 Å². The van der Waals surface area contributed by atoms with E-state index in [-0.39, 0.29) is 0 Å². The van der Waals surface area contributed by atoms with E-state index >= 15 is 0 Å². The quantitative estimate of drug-likeness (QED) is 0.454. The number of nitrogens with one attached hydrogen (secondary N) is 2. The van der Waals surface area contributed by atoms with Crippen LogP contribution in [-0.4, -0.2) is 31.0 Å². The van der Waals surface area contributed by atoms with Gasteiger partial charge in [0, 0.05) is 41.9 Å². The minimum absolute atomic E-state index is 0.677. The lowest BCUT2D eigenvalue weighted by Gasteiger charge is -2.12. The molecule has 4 aromatic rings. The third kappa shape index (κ3) is 4.45. The number of rotatable bonds is 7. The molecule has 1 aromatic carbocycles. The first-order chi connectivity index (χ1) is 13.7.